The molecule has 0 spiro atoms. The first-order valence-electron chi connectivity index (χ1n) is 6.33. The first-order valence-corrected chi connectivity index (χ1v) is 6.33. The summed E-state index contributed by atoms with van der Waals surface area (Å²) >= 11 is 0. The molecule has 0 saturated carbocycles. The van der Waals surface area contributed by atoms with Gasteiger partial charge in [-0.15, -0.1) is 0 Å². The van der Waals surface area contributed by atoms with Crippen molar-refractivity contribution >= 4 is 11.8 Å². The molecule has 1 unspecified atom stereocenters. The second-order valence-corrected chi connectivity index (χ2v) is 4.60. The molecule has 1 atom stereocenters. The van der Waals surface area contributed by atoms with E-state index >= 15 is 0 Å². The van der Waals surface area contributed by atoms with Crippen LogP contribution in [-0.2, 0) is 4.79 Å². The smallest absolute Gasteiger partial charge is 0.274 e. The molecule has 0 aromatic carbocycles. The Kier molecular flexibility index (Phi) is 3.99. The predicted octanol–water partition coefficient (Wildman–Crippen LogP) is 0.528. The van der Waals surface area contributed by atoms with Gasteiger partial charge in [-0.2, -0.15) is 0 Å². The van der Waals surface area contributed by atoms with E-state index in [1.54, 1.807) is 11.8 Å². The zero-order valence-corrected chi connectivity index (χ0v) is 10.8. The van der Waals surface area contributed by atoms with Crippen LogP contribution >= 0.6 is 0 Å². The average Bonchev–Trinajstić information content (AvgIpc) is 2.92. The van der Waals surface area contributed by atoms with Crippen molar-refractivity contribution < 1.29 is 14.7 Å². The number of nitrogens with one attached hydrogen (secondary N) is 1. The quantitative estimate of drug-likeness (QED) is 0.833. The summed E-state index contributed by atoms with van der Waals surface area (Å²) in [4.78, 5) is 29.5. The molecule has 102 valence electrons. The summed E-state index contributed by atoms with van der Waals surface area (Å²) in [6.07, 6.45) is 3.43. The fourth-order valence-electron chi connectivity index (χ4n) is 2.11. The van der Waals surface area contributed by atoms with E-state index < -0.39 is 11.9 Å². The van der Waals surface area contributed by atoms with E-state index in [2.05, 4.69) is 10.3 Å². The van der Waals surface area contributed by atoms with Gasteiger partial charge in [0.25, 0.3) is 5.91 Å². The summed E-state index contributed by atoms with van der Waals surface area (Å²) in [5.41, 5.74) is -0.0661. The number of likely N-dealkylation sites (tertiary alicyclic amines) is 1. The van der Waals surface area contributed by atoms with Crippen LogP contribution in [0.3, 0.4) is 0 Å². The van der Waals surface area contributed by atoms with Crippen molar-refractivity contribution in [2.24, 2.45) is 0 Å². The van der Waals surface area contributed by atoms with Crippen LogP contribution in [0.25, 0.3) is 0 Å². The van der Waals surface area contributed by atoms with Crippen molar-refractivity contribution in [3.05, 3.63) is 24.0 Å². The Morgan fingerprint density at radius 1 is 1.42 bits per heavy atom. The van der Waals surface area contributed by atoms with Gasteiger partial charge in [-0.25, -0.2) is 4.98 Å². The maximum atomic E-state index is 12.0. The molecular formula is C13H17N3O3. The van der Waals surface area contributed by atoms with Crippen LogP contribution in [0.4, 0.5) is 0 Å². The number of pyridine rings is 1. The zero-order chi connectivity index (χ0) is 13.8. The minimum Gasteiger partial charge on any atom is -0.505 e. The Morgan fingerprint density at radius 2 is 2.11 bits per heavy atom. The molecule has 19 heavy (non-hydrogen) atoms. The van der Waals surface area contributed by atoms with Gasteiger partial charge in [0.05, 0.1) is 0 Å². The third-order valence-corrected chi connectivity index (χ3v) is 3.14. The van der Waals surface area contributed by atoms with E-state index in [4.69, 9.17) is 0 Å². The highest BCUT2D eigenvalue weighted by atomic mass is 16.3. The Morgan fingerprint density at radius 3 is 2.74 bits per heavy atom. The van der Waals surface area contributed by atoms with E-state index in [0.717, 1.165) is 25.9 Å². The second-order valence-electron chi connectivity index (χ2n) is 4.60. The highest BCUT2D eigenvalue weighted by molar-refractivity contribution is 5.97. The average molecular weight is 263 g/mol. The molecule has 6 nitrogen and oxygen atoms in total. The summed E-state index contributed by atoms with van der Waals surface area (Å²) in [6, 6.07) is 2.30. The summed E-state index contributed by atoms with van der Waals surface area (Å²) in [6.45, 7) is 3.13. The van der Waals surface area contributed by atoms with Gasteiger partial charge in [0, 0.05) is 19.3 Å². The van der Waals surface area contributed by atoms with E-state index in [0.29, 0.717) is 0 Å². The number of aromatic nitrogens is 1. The Bertz CT molecular complexity index is 484. The fraction of sp³-hybridized carbons (Fsp3) is 0.462. The van der Waals surface area contributed by atoms with Gasteiger partial charge >= 0.3 is 0 Å². The Balaban J connectivity index is 1.98. The van der Waals surface area contributed by atoms with Crippen molar-refractivity contribution in [2.75, 3.05) is 13.1 Å². The minimum absolute atomic E-state index is 0.0661. The molecule has 1 aliphatic rings. The lowest BCUT2D eigenvalue weighted by molar-refractivity contribution is -0.131. The van der Waals surface area contributed by atoms with E-state index in [9.17, 15) is 14.7 Å². The summed E-state index contributed by atoms with van der Waals surface area (Å²) in [5.74, 6) is -0.833. The van der Waals surface area contributed by atoms with Gasteiger partial charge in [0.1, 0.15) is 11.8 Å². The standard InChI is InChI=1S/C13H17N3O3/c1-9(13(19)16-7-2-3-8-16)15-12(18)11-10(17)5-4-6-14-11/h4-6,9,17H,2-3,7-8H2,1H3,(H,15,18). The van der Waals surface area contributed by atoms with Crippen molar-refractivity contribution in [1.82, 2.24) is 15.2 Å². The molecule has 2 N–H and O–H groups in total. The SMILES string of the molecule is CC(NC(=O)c1ncccc1O)C(=O)N1CCCC1. The van der Waals surface area contributed by atoms with E-state index in [-0.39, 0.29) is 17.4 Å². The fourth-order valence-corrected chi connectivity index (χ4v) is 2.11. The van der Waals surface area contributed by atoms with Gasteiger partial charge in [-0.05, 0) is 31.9 Å². The van der Waals surface area contributed by atoms with Gasteiger partial charge in [0.2, 0.25) is 5.91 Å². The van der Waals surface area contributed by atoms with Gasteiger partial charge in [-0.1, -0.05) is 0 Å². The minimum atomic E-state index is -0.619. The van der Waals surface area contributed by atoms with Gasteiger partial charge in [-0.3, -0.25) is 9.59 Å². The molecule has 0 bridgehead atoms. The highest BCUT2D eigenvalue weighted by Crippen LogP contribution is 2.13. The zero-order valence-electron chi connectivity index (χ0n) is 10.8. The number of nitrogens with zero attached hydrogens (tertiary/aromatic N) is 2. The molecule has 2 rings (SSSR count). The number of hydrogen-bond acceptors (Lipinski definition) is 4. The van der Waals surface area contributed by atoms with Crippen molar-refractivity contribution in [2.45, 2.75) is 25.8 Å². The van der Waals surface area contributed by atoms with E-state index in [1.807, 2.05) is 0 Å². The van der Waals surface area contributed by atoms with Crippen molar-refractivity contribution in [1.29, 1.82) is 0 Å². The normalized spacial score (nSPS) is 16.2. The lowest BCUT2D eigenvalue weighted by atomic mass is 10.2. The molecule has 0 radical (unpaired) electrons. The molecule has 1 saturated heterocycles. The first kappa shape index (κ1) is 13.3. The molecule has 1 fully saturated rings. The number of rotatable bonds is 3. The third-order valence-electron chi connectivity index (χ3n) is 3.14. The highest BCUT2D eigenvalue weighted by Gasteiger charge is 2.25. The van der Waals surface area contributed by atoms with Crippen LogP contribution < -0.4 is 5.32 Å². The van der Waals surface area contributed by atoms with Gasteiger partial charge < -0.3 is 15.3 Å². The topological polar surface area (TPSA) is 82.5 Å². The molecule has 1 aromatic heterocycles. The first-order chi connectivity index (χ1) is 9.09. The Hall–Kier alpha value is -2.11. The van der Waals surface area contributed by atoms with Crippen molar-refractivity contribution in [3.63, 3.8) is 0 Å². The number of aromatic hydroxyl groups is 1. The number of carbonyl (C=O) groups excluding carboxylic acids is 2. The van der Waals surface area contributed by atoms with Crippen LogP contribution in [0.15, 0.2) is 18.3 Å². The molecule has 2 amide bonds. The summed E-state index contributed by atoms with van der Waals surface area (Å²) in [7, 11) is 0. The lowest BCUT2D eigenvalue weighted by Gasteiger charge is -2.21. The second kappa shape index (κ2) is 5.69. The molecule has 1 aliphatic heterocycles. The number of hydrogen-bond donors (Lipinski definition) is 2. The predicted molar refractivity (Wildman–Crippen MR) is 68.6 cm³/mol. The Labute approximate surface area is 111 Å². The maximum absolute atomic E-state index is 12.0. The van der Waals surface area contributed by atoms with Crippen LogP contribution in [0.1, 0.15) is 30.3 Å². The van der Waals surface area contributed by atoms with Crippen LogP contribution in [0, 0.1) is 0 Å². The van der Waals surface area contributed by atoms with Crippen LogP contribution in [-0.4, -0.2) is 45.9 Å². The third kappa shape index (κ3) is 3.01. The van der Waals surface area contributed by atoms with Crippen LogP contribution in [0.2, 0.25) is 0 Å². The number of carbonyl (C=O) groups is 2. The van der Waals surface area contributed by atoms with Crippen molar-refractivity contribution in [3.8, 4) is 5.75 Å². The molecule has 6 heteroatoms. The largest absolute Gasteiger partial charge is 0.505 e. The number of amides is 2. The molecular weight excluding hydrogens is 246 g/mol. The summed E-state index contributed by atoms with van der Waals surface area (Å²) < 4.78 is 0. The van der Waals surface area contributed by atoms with E-state index in [1.165, 1.54) is 18.3 Å². The molecule has 1 aromatic rings. The lowest BCUT2D eigenvalue weighted by Crippen LogP contribution is -2.46. The molecule has 0 aliphatic carbocycles. The molecule has 2 heterocycles. The summed E-state index contributed by atoms with van der Waals surface area (Å²) in [5, 5.41) is 12.1. The van der Waals surface area contributed by atoms with Gasteiger partial charge in [0.15, 0.2) is 5.69 Å². The monoisotopic (exact) mass is 263 g/mol. The maximum Gasteiger partial charge on any atom is 0.274 e. The van der Waals surface area contributed by atoms with Crippen LogP contribution in [0.5, 0.6) is 5.75 Å².